The van der Waals surface area contributed by atoms with E-state index in [1.54, 1.807) is 24.1 Å². The van der Waals surface area contributed by atoms with Crippen LogP contribution in [0.3, 0.4) is 0 Å². The Bertz CT molecular complexity index is 919. The van der Waals surface area contributed by atoms with Gasteiger partial charge in [0.15, 0.2) is 17.5 Å². The maximum atomic E-state index is 13.8. The molecule has 6 heteroatoms. The molecular formula is C28H39ClF3NS. The molecule has 0 aliphatic heterocycles. The number of benzene rings is 2. The van der Waals surface area contributed by atoms with Crippen LogP contribution in [-0.4, -0.2) is 17.4 Å². The van der Waals surface area contributed by atoms with Crippen molar-refractivity contribution in [2.24, 2.45) is 17.3 Å². The minimum atomic E-state index is -1.46. The van der Waals surface area contributed by atoms with E-state index in [-0.39, 0.29) is 5.56 Å². The fraction of sp³-hybridized carbons (Fsp3) is 0.571. The summed E-state index contributed by atoms with van der Waals surface area (Å²) in [5, 5.41) is 0.576. The normalized spacial score (nSPS) is 14.1. The summed E-state index contributed by atoms with van der Waals surface area (Å²) < 4.78 is 43.2. The SMILES string of the molecule is CC(C)CCC(CC(C)CCC(C)(C)C)N(C)Sc1cc(-c2cc(F)c(F)c(F)c2)ccc1Cl. The fourth-order valence-corrected chi connectivity index (χ4v) is 5.15. The third-order valence-corrected chi connectivity index (χ3v) is 7.71. The first-order valence-electron chi connectivity index (χ1n) is 12.1. The highest BCUT2D eigenvalue weighted by molar-refractivity contribution is 7.97. The van der Waals surface area contributed by atoms with Crippen molar-refractivity contribution in [3.63, 3.8) is 0 Å². The molecule has 0 heterocycles. The van der Waals surface area contributed by atoms with E-state index in [1.807, 2.05) is 6.07 Å². The maximum absolute atomic E-state index is 13.8. The highest BCUT2D eigenvalue weighted by Crippen LogP contribution is 2.37. The lowest BCUT2D eigenvalue weighted by Crippen LogP contribution is -2.28. The second kappa shape index (κ2) is 12.7. The molecule has 0 saturated heterocycles. The molecule has 1 nitrogen and oxygen atoms in total. The molecule has 0 aliphatic carbocycles. The monoisotopic (exact) mass is 513 g/mol. The van der Waals surface area contributed by atoms with Gasteiger partial charge in [0.05, 0.1) is 5.02 Å². The van der Waals surface area contributed by atoms with Gasteiger partial charge in [0, 0.05) is 10.9 Å². The van der Waals surface area contributed by atoms with Gasteiger partial charge < -0.3 is 0 Å². The molecule has 2 atom stereocenters. The van der Waals surface area contributed by atoms with Crippen LogP contribution in [0.2, 0.25) is 5.02 Å². The van der Waals surface area contributed by atoms with E-state index < -0.39 is 17.5 Å². The summed E-state index contributed by atoms with van der Waals surface area (Å²) in [6.45, 7) is 13.7. The van der Waals surface area contributed by atoms with Crippen molar-refractivity contribution in [2.75, 3.05) is 7.05 Å². The molecule has 0 bridgehead atoms. The van der Waals surface area contributed by atoms with E-state index in [2.05, 4.69) is 52.9 Å². The molecule has 190 valence electrons. The van der Waals surface area contributed by atoms with E-state index >= 15 is 0 Å². The van der Waals surface area contributed by atoms with Gasteiger partial charge in [-0.1, -0.05) is 65.6 Å². The molecule has 0 N–H and O–H groups in total. The first-order valence-corrected chi connectivity index (χ1v) is 13.3. The van der Waals surface area contributed by atoms with Crippen LogP contribution in [-0.2, 0) is 0 Å². The minimum Gasteiger partial charge on any atom is -0.246 e. The topological polar surface area (TPSA) is 3.24 Å². The molecule has 0 spiro atoms. The molecule has 0 amide bonds. The summed E-state index contributed by atoms with van der Waals surface area (Å²) in [5.74, 6) is -2.63. The second-order valence-electron chi connectivity index (χ2n) is 11.1. The lowest BCUT2D eigenvalue weighted by atomic mass is 9.84. The van der Waals surface area contributed by atoms with Crippen LogP contribution in [0, 0.1) is 34.7 Å². The predicted octanol–water partition coefficient (Wildman–Crippen LogP) is 10.0. The van der Waals surface area contributed by atoms with Crippen molar-refractivity contribution >= 4 is 23.5 Å². The molecule has 0 radical (unpaired) electrons. The highest BCUT2D eigenvalue weighted by Gasteiger charge is 2.22. The first-order chi connectivity index (χ1) is 15.8. The number of nitrogens with zero attached hydrogens (tertiary/aromatic N) is 1. The molecule has 2 aromatic rings. The second-order valence-corrected chi connectivity index (χ2v) is 12.7. The third kappa shape index (κ3) is 9.13. The van der Waals surface area contributed by atoms with Crippen LogP contribution in [0.1, 0.15) is 73.6 Å². The lowest BCUT2D eigenvalue weighted by Gasteiger charge is -2.31. The molecule has 2 rings (SSSR count). The Hall–Kier alpha value is -1.17. The lowest BCUT2D eigenvalue weighted by molar-refractivity contribution is 0.264. The summed E-state index contributed by atoms with van der Waals surface area (Å²) >= 11 is 8.05. The van der Waals surface area contributed by atoms with Crippen LogP contribution in [0.15, 0.2) is 35.2 Å². The molecule has 0 fully saturated rings. The summed E-state index contributed by atoms with van der Waals surface area (Å²) in [6.07, 6.45) is 5.72. The van der Waals surface area contributed by atoms with E-state index in [4.69, 9.17) is 11.6 Å². The molecule has 0 aliphatic rings. The zero-order valence-electron chi connectivity index (χ0n) is 21.5. The van der Waals surface area contributed by atoms with Gasteiger partial charge in [-0.2, -0.15) is 0 Å². The summed E-state index contributed by atoms with van der Waals surface area (Å²) in [6, 6.07) is 7.65. The van der Waals surface area contributed by atoms with Crippen LogP contribution in [0.4, 0.5) is 13.2 Å². The Morgan fingerprint density at radius 1 is 0.912 bits per heavy atom. The van der Waals surface area contributed by atoms with Gasteiger partial charge in [0.1, 0.15) is 0 Å². The van der Waals surface area contributed by atoms with Gasteiger partial charge in [-0.05, 0) is 97.3 Å². The van der Waals surface area contributed by atoms with E-state index in [9.17, 15) is 13.2 Å². The summed E-state index contributed by atoms with van der Waals surface area (Å²) in [4.78, 5) is 0.809. The molecule has 2 aromatic carbocycles. The van der Waals surface area contributed by atoms with E-state index in [0.29, 0.717) is 33.9 Å². The number of hydrogen-bond acceptors (Lipinski definition) is 2. The average molecular weight is 514 g/mol. The van der Waals surface area contributed by atoms with Gasteiger partial charge in [-0.3, -0.25) is 0 Å². The first kappa shape index (κ1) is 29.1. The van der Waals surface area contributed by atoms with Gasteiger partial charge in [-0.15, -0.1) is 0 Å². The average Bonchev–Trinajstić information content (AvgIpc) is 2.73. The number of hydrogen-bond donors (Lipinski definition) is 0. The van der Waals surface area contributed by atoms with Crippen molar-refractivity contribution < 1.29 is 13.2 Å². The van der Waals surface area contributed by atoms with Crippen LogP contribution in [0.25, 0.3) is 11.1 Å². The molecule has 0 saturated carbocycles. The van der Waals surface area contributed by atoms with Crippen molar-refractivity contribution in [2.45, 2.75) is 84.6 Å². The van der Waals surface area contributed by atoms with Gasteiger partial charge in [0.2, 0.25) is 0 Å². The van der Waals surface area contributed by atoms with E-state index in [1.165, 1.54) is 12.8 Å². The van der Waals surface area contributed by atoms with Crippen molar-refractivity contribution in [3.8, 4) is 11.1 Å². The Morgan fingerprint density at radius 3 is 2.09 bits per heavy atom. The van der Waals surface area contributed by atoms with Crippen molar-refractivity contribution in [1.82, 2.24) is 4.31 Å². The summed E-state index contributed by atoms with van der Waals surface area (Å²) in [5.41, 5.74) is 1.20. The maximum Gasteiger partial charge on any atom is 0.194 e. The summed E-state index contributed by atoms with van der Waals surface area (Å²) in [7, 11) is 2.09. The third-order valence-electron chi connectivity index (χ3n) is 6.14. The van der Waals surface area contributed by atoms with Crippen molar-refractivity contribution in [3.05, 3.63) is 52.8 Å². The Kier molecular flexibility index (Phi) is 10.8. The molecular weight excluding hydrogens is 475 g/mol. The van der Waals surface area contributed by atoms with Gasteiger partial charge >= 0.3 is 0 Å². The standard InChI is InChI=1S/C28H39ClF3NS/c1-18(2)8-10-22(14-19(3)12-13-28(4,5)6)33(7)34-26-17-20(9-11-23(26)29)21-15-24(30)27(32)25(31)16-21/h9,11,15-19,22H,8,10,12-14H2,1-7H3. The molecule has 2 unspecified atom stereocenters. The highest BCUT2D eigenvalue weighted by atomic mass is 35.5. The Labute approximate surface area is 213 Å². The fourth-order valence-electron chi connectivity index (χ4n) is 3.94. The van der Waals surface area contributed by atoms with Crippen LogP contribution >= 0.6 is 23.5 Å². The van der Waals surface area contributed by atoms with E-state index in [0.717, 1.165) is 36.3 Å². The van der Waals surface area contributed by atoms with Gasteiger partial charge in [0.25, 0.3) is 0 Å². The number of rotatable bonds is 11. The molecule has 34 heavy (non-hydrogen) atoms. The number of halogens is 4. The zero-order valence-corrected chi connectivity index (χ0v) is 23.1. The van der Waals surface area contributed by atoms with Crippen molar-refractivity contribution in [1.29, 1.82) is 0 Å². The zero-order chi connectivity index (χ0) is 25.6. The molecule has 0 aromatic heterocycles. The largest absolute Gasteiger partial charge is 0.246 e. The Balaban J connectivity index is 2.21. The smallest absolute Gasteiger partial charge is 0.194 e. The Morgan fingerprint density at radius 2 is 1.53 bits per heavy atom. The van der Waals surface area contributed by atoms with Crippen LogP contribution in [0.5, 0.6) is 0 Å². The predicted molar refractivity (Wildman–Crippen MR) is 141 cm³/mol. The van der Waals surface area contributed by atoms with Crippen LogP contribution < -0.4 is 0 Å². The van der Waals surface area contributed by atoms with Gasteiger partial charge in [-0.25, -0.2) is 17.5 Å². The quantitative estimate of drug-likeness (QED) is 0.217. The minimum absolute atomic E-state index is 0.282.